The molecule has 0 spiro atoms. The molecule has 0 bridgehead atoms. The van der Waals surface area contributed by atoms with Gasteiger partial charge in [-0.2, -0.15) is 0 Å². The number of nitrogens with zero attached hydrogens (tertiary/aromatic N) is 1. The van der Waals surface area contributed by atoms with Crippen molar-refractivity contribution in [3.05, 3.63) is 24.3 Å². The lowest BCUT2D eigenvalue weighted by atomic mass is 9.88. The monoisotopic (exact) mass is 248 g/mol. The molecule has 0 heterocycles. The van der Waals surface area contributed by atoms with E-state index < -0.39 is 0 Å². The standard InChI is InChI=1S/C14H20N2S/c1-17-13-9-5-8-12(10-13)16-14(15)11-6-3-2-4-7-11/h5,8-11H,2-4,6-7H2,1H3,(H2,15,16). The van der Waals surface area contributed by atoms with Crippen LogP contribution in [0.3, 0.4) is 0 Å². The van der Waals surface area contributed by atoms with Crippen LogP contribution < -0.4 is 5.73 Å². The van der Waals surface area contributed by atoms with E-state index in [1.807, 2.05) is 12.1 Å². The van der Waals surface area contributed by atoms with Gasteiger partial charge in [-0.25, -0.2) is 4.99 Å². The SMILES string of the molecule is CSc1cccc(N=C(N)C2CCCCC2)c1. The molecule has 0 aliphatic heterocycles. The van der Waals surface area contributed by atoms with E-state index in [4.69, 9.17) is 5.73 Å². The molecule has 1 saturated carbocycles. The van der Waals surface area contributed by atoms with Gasteiger partial charge in [-0.3, -0.25) is 0 Å². The summed E-state index contributed by atoms with van der Waals surface area (Å²) in [5, 5.41) is 0. The predicted molar refractivity (Wildman–Crippen MR) is 76.1 cm³/mol. The first kappa shape index (κ1) is 12.5. The Kier molecular flexibility index (Phi) is 4.49. The Morgan fingerprint density at radius 1 is 1.29 bits per heavy atom. The molecule has 0 saturated heterocycles. The van der Waals surface area contributed by atoms with E-state index in [1.165, 1.54) is 37.0 Å². The summed E-state index contributed by atoms with van der Waals surface area (Å²) < 4.78 is 0. The van der Waals surface area contributed by atoms with Gasteiger partial charge < -0.3 is 5.73 Å². The van der Waals surface area contributed by atoms with Gasteiger partial charge in [-0.1, -0.05) is 25.3 Å². The Labute approximate surface area is 108 Å². The second-order valence-corrected chi connectivity index (χ2v) is 5.45. The minimum Gasteiger partial charge on any atom is -0.387 e. The first-order valence-corrected chi connectivity index (χ1v) is 7.50. The van der Waals surface area contributed by atoms with Crippen LogP contribution in [0.4, 0.5) is 5.69 Å². The van der Waals surface area contributed by atoms with Crippen molar-refractivity contribution >= 4 is 23.3 Å². The number of benzene rings is 1. The largest absolute Gasteiger partial charge is 0.387 e. The quantitative estimate of drug-likeness (QED) is 0.499. The summed E-state index contributed by atoms with van der Waals surface area (Å²) in [4.78, 5) is 5.81. The van der Waals surface area contributed by atoms with Gasteiger partial charge in [0.05, 0.1) is 5.69 Å². The van der Waals surface area contributed by atoms with Gasteiger partial charge in [0.25, 0.3) is 0 Å². The van der Waals surface area contributed by atoms with E-state index in [2.05, 4.69) is 23.4 Å². The average molecular weight is 248 g/mol. The molecule has 2 nitrogen and oxygen atoms in total. The molecule has 1 fully saturated rings. The second kappa shape index (κ2) is 6.10. The lowest BCUT2D eigenvalue weighted by molar-refractivity contribution is 0.437. The molecule has 92 valence electrons. The molecule has 0 unspecified atom stereocenters. The maximum atomic E-state index is 6.12. The highest BCUT2D eigenvalue weighted by molar-refractivity contribution is 7.98. The Bertz CT molecular complexity index is 395. The number of amidine groups is 1. The van der Waals surface area contributed by atoms with Gasteiger partial charge in [0.1, 0.15) is 5.84 Å². The minimum absolute atomic E-state index is 0.502. The van der Waals surface area contributed by atoms with Crippen LogP contribution in [0.25, 0.3) is 0 Å². The predicted octanol–water partition coefficient (Wildman–Crippen LogP) is 3.98. The summed E-state index contributed by atoms with van der Waals surface area (Å²) in [6, 6.07) is 8.26. The molecule has 2 N–H and O–H groups in total. The van der Waals surface area contributed by atoms with Crippen molar-refractivity contribution in [3.63, 3.8) is 0 Å². The molecule has 1 aliphatic carbocycles. The molecule has 0 amide bonds. The zero-order chi connectivity index (χ0) is 12.1. The van der Waals surface area contributed by atoms with Crippen LogP contribution >= 0.6 is 11.8 Å². The Morgan fingerprint density at radius 2 is 2.06 bits per heavy atom. The summed E-state index contributed by atoms with van der Waals surface area (Å²) in [5.41, 5.74) is 7.10. The summed E-state index contributed by atoms with van der Waals surface area (Å²) in [6.45, 7) is 0. The molecule has 1 aliphatic rings. The van der Waals surface area contributed by atoms with Gasteiger partial charge >= 0.3 is 0 Å². The number of rotatable bonds is 3. The van der Waals surface area contributed by atoms with Crippen LogP contribution in [0.1, 0.15) is 32.1 Å². The van der Waals surface area contributed by atoms with Crippen molar-refractivity contribution in [2.24, 2.45) is 16.6 Å². The van der Waals surface area contributed by atoms with E-state index >= 15 is 0 Å². The molecule has 17 heavy (non-hydrogen) atoms. The van der Waals surface area contributed by atoms with E-state index in [9.17, 15) is 0 Å². The number of hydrogen-bond donors (Lipinski definition) is 1. The molecule has 0 atom stereocenters. The van der Waals surface area contributed by atoms with Gasteiger partial charge in [0.15, 0.2) is 0 Å². The van der Waals surface area contributed by atoms with Crippen LogP contribution in [0, 0.1) is 5.92 Å². The second-order valence-electron chi connectivity index (χ2n) is 4.57. The maximum absolute atomic E-state index is 6.12. The lowest BCUT2D eigenvalue weighted by Gasteiger charge is -2.20. The summed E-state index contributed by atoms with van der Waals surface area (Å²) in [7, 11) is 0. The number of thioether (sulfide) groups is 1. The molecule has 3 heteroatoms. The van der Waals surface area contributed by atoms with Crippen LogP contribution in [0.15, 0.2) is 34.2 Å². The third kappa shape index (κ3) is 3.50. The smallest absolute Gasteiger partial charge is 0.103 e. The van der Waals surface area contributed by atoms with E-state index in [1.54, 1.807) is 11.8 Å². The van der Waals surface area contributed by atoms with Crippen molar-refractivity contribution in [1.29, 1.82) is 0 Å². The molecule has 0 aromatic heterocycles. The van der Waals surface area contributed by atoms with Gasteiger partial charge in [0, 0.05) is 10.8 Å². The number of nitrogens with two attached hydrogens (primary N) is 1. The molecular weight excluding hydrogens is 228 g/mol. The van der Waals surface area contributed by atoms with Gasteiger partial charge in [-0.15, -0.1) is 11.8 Å². The van der Waals surface area contributed by atoms with E-state index in [-0.39, 0.29) is 0 Å². The normalized spacial score (nSPS) is 18.3. The molecule has 2 rings (SSSR count). The van der Waals surface area contributed by atoms with Crippen LogP contribution in [0.5, 0.6) is 0 Å². The Balaban J connectivity index is 2.10. The van der Waals surface area contributed by atoms with Gasteiger partial charge in [-0.05, 0) is 37.3 Å². The van der Waals surface area contributed by atoms with Crippen molar-refractivity contribution in [3.8, 4) is 0 Å². The van der Waals surface area contributed by atoms with Crippen LogP contribution in [-0.4, -0.2) is 12.1 Å². The number of aliphatic imine (C=N–C) groups is 1. The maximum Gasteiger partial charge on any atom is 0.103 e. The summed E-state index contributed by atoms with van der Waals surface area (Å²) in [6.07, 6.45) is 8.44. The molecule has 1 aromatic carbocycles. The van der Waals surface area contributed by atoms with Crippen molar-refractivity contribution < 1.29 is 0 Å². The van der Waals surface area contributed by atoms with Crippen molar-refractivity contribution in [2.45, 2.75) is 37.0 Å². The summed E-state index contributed by atoms with van der Waals surface area (Å²) >= 11 is 1.74. The third-order valence-electron chi connectivity index (χ3n) is 3.33. The molecular formula is C14H20N2S. The first-order valence-electron chi connectivity index (χ1n) is 6.27. The fourth-order valence-electron chi connectivity index (χ4n) is 2.32. The zero-order valence-electron chi connectivity index (χ0n) is 10.4. The minimum atomic E-state index is 0.502. The van der Waals surface area contributed by atoms with E-state index in [0.717, 1.165) is 11.5 Å². The van der Waals surface area contributed by atoms with Gasteiger partial charge in [0.2, 0.25) is 0 Å². The zero-order valence-corrected chi connectivity index (χ0v) is 11.2. The fourth-order valence-corrected chi connectivity index (χ4v) is 2.77. The molecule has 1 aromatic rings. The van der Waals surface area contributed by atoms with E-state index in [0.29, 0.717) is 5.92 Å². The van der Waals surface area contributed by atoms with Crippen LogP contribution in [0.2, 0.25) is 0 Å². The highest BCUT2D eigenvalue weighted by Crippen LogP contribution is 2.26. The van der Waals surface area contributed by atoms with Crippen LogP contribution in [-0.2, 0) is 0 Å². The Morgan fingerprint density at radius 3 is 2.76 bits per heavy atom. The summed E-state index contributed by atoms with van der Waals surface area (Å²) in [5.74, 6) is 1.32. The lowest BCUT2D eigenvalue weighted by Crippen LogP contribution is -2.25. The fraction of sp³-hybridized carbons (Fsp3) is 0.500. The first-order chi connectivity index (χ1) is 8.29. The Hall–Kier alpha value is -0.960. The topological polar surface area (TPSA) is 38.4 Å². The molecule has 0 radical (unpaired) electrons. The average Bonchev–Trinajstić information content (AvgIpc) is 2.40. The number of hydrogen-bond acceptors (Lipinski definition) is 2. The highest BCUT2D eigenvalue weighted by Gasteiger charge is 2.16. The van der Waals surface area contributed by atoms with Crippen molar-refractivity contribution in [1.82, 2.24) is 0 Å². The third-order valence-corrected chi connectivity index (χ3v) is 4.06. The van der Waals surface area contributed by atoms with Crippen molar-refractivity contribution in [2.75, 3.05) is 6.26 Å². The highest BCUT2D eigenvalue weighted by atomic mass is 32.2.